The van der Waals surface area contributed by atoms with Crippen LogP contribution in [0, 0.1) is 17.0 Å². The van der Waals surface area contributed by atoms with Crippen molar-refractivity contribution in [1.29, 1.82) is 0 Å². The van der Waals surface area contributed by atoms with Crippen molar-refractivity contribution in [2.45, 2.75) is 6.92 Å². The summed E-state index contributed by atoms with van der Waals surface area (Å²) in [5, 5.41) is 12.4. The second-order valence-corrected chi connectivity index (χ2v) is 6.23. The van der Waals surface area contributed by atoms with E-state index >= 15 is 0 Å². The van der Waals surface area contributed by atoms with Crippen LogP contribution in [0.25, 0.3) is 27.8 Å². The SMILES string of the molecule is COc1ccc2cc(-c3cccn3-c3ccccc3[N+](=O)[O-])cc(C)c2n1. The molecule has 0 aliphatic heterocycles. The number of aromatic nitrogens is 2. The number of aryl methyl sites for hydroxylation is 1. The van der Waals surface area contributed by atoms with Crippen LogP contribution >= 0.6 is 0 Å². The van der Waals surface area contributed by atoms with Crippen molar-refractivity contribution in [3.05, 3.63) is 82.5 Å². The zero-order chi connectivity index (χ0) is 19.0. The molecule has 0 amide bonds. The van der Waals surface area contributed by atoms with Crippen LogP contribution in [0.4, 0.5) is 5.69 Å². The molecule has 0 unspecified atom stereocenters. The van der Waals surface area contributed by atoms with Crippen molar-refractivity contribution in [2.75, 3.05) is 7.11 Å². The number of nitro groups is 1. The zero-order valence-corrected chi connectivity index (χ0v) is 14.9. The number of nitro benzene ring substituents is 1. The van der Waals surface area contributed by atoms with Gasteiger partial charge in [-0.2, -0.15) is 0 Å². The van der Waals surface area contributed by atoms with Crippen molar-refractivity contribution < 1.29 is 9.66 Å². The smallest absolute Gasteiger partial charge is 0.293 e. The summed E-state index contributed by atoms with van der Waals surface area (Å²) in [5.74, 6) is 0.571. The van der Waals surface area contributed by atoms with Crippen molar-refractivity contribution in [3.63, 3.8) is 0 Å². The van der Waals surface area contributed by atoms with Gasteiger partial charge in [-0.15, -0.1) is 0 Å². The highest BCUT2D eigenvalue weighted by Gasteiger charge is 2.17. The first-order valence-electron chi connectivity index (χ1n) is 8.45. The molecule has 0 saturated carbocycles. The van der Waals surface area contributed by atoms with Gasteiger partial charge in [0, 0.05) is 23.7 Å². The fraction of sp³-hybridized carbons (Fsp3) is 0.0952. The Morgan fingerprint density at radius 3 is 2.67 bits per heavy atom. The molecule has 0 aliphatic rings. The van der Waals surface area contributed by atoms with E-state index in [0.717, 1.165) is 27.7 Å². The van der Waals surface area contributed by atoms with E-state index in [1.165, 1.54) is 6.07 Å². The minimum absolute atomic E-state index is 0.0684. The van der Waals surface area contributed by atoms with Gasteiger partial charge in [0.15, 0.2) is 0 Å². The molecule has 0 atom stereocenters. The average molecular weight is 359 g/mol. The third-order valence-electron chi connectivity index (χ3n) is 4.55. The molecule has 0 spiro atoms. The maximum Gasteiger partial charge on any atom is 0.293 e. The van der Waals surface area contributed by atoms with Crippen LogP contribution in [0.5, 0.6) is 5.88 Å². The molecule has 0 fully saturated rings. The maximum atomic E-state index is 11.4. The molecule has 2 aromatic heterocycles. The molecule has 0 saturated heterocycles. The number of methoxy groups -OCH3 is 1. The van der Waals surface area contributed by atoms with Crippen LogP contribution in [0.1, 0.15) is 5.56 Å². The molecule has 0 aliphatic carbocycles. The Labute approximate surface area is 155 Å². The number of hydrogen-bond acceptors (Lipinski definition) is 4. The number of hydrogen-bond donors (Lipinski definition) is 0. The van der Waals surface area contributed by atoms with Gasteiger partial charge in [-0.3, -0.25) is 10.1 Å². The average Bonchev–Trinajstić information content (AvgIpc) is 3.17. The second-order valence-electron chi connectivity index (χ2n) is 6.23. The Balaban J connectivity index is 1.90. The Bertz CT molecular complexity index is 1160. The van der Waals surface area contributed by atoms with E-state index in [-0.39, 0.29) is 10.6 Å². The fourth-order valence-corrected chi connectivity index (χ4v) is 3.31. The van der Waals surface area contributed by atoms with Gasteiger partial charge in [-0.25, -0.2) is 4.98 Å². The highest BCUT2D eigenvalue weighted by Crippen LogP contribution is 2.32. The summed E-state index contributed by atoms with van der Waals surface area (Å²) in [5.41, 5.74) is 4.34. The van der Waals surface area contributed by atoms with E-state index in [1.54, 1.807) is 25.3 Å². The Kier molecular flexibility index (Phi) is 4.08. The maximum absolute atomic E-state index is 11.4. The van der Waals surface area contributed by atoms with Gasteiger partial charge in [-0.1, -0.05) is 12.1 Å². The van der Waals surface area contributed by atoms with E-state index in [9.17, 15) is 10.1 Å². The van der Waals surface area contributed by atoms with Crippen LogP contribution in [-0.2, 0) is 0 Å². The first kappa shape index (κ1) is 16.8. The monoisotopic (exact) mass is 359 g/mol. The number of benzene rings is 2. The lowest BCUT2D eigenvalue weighted by Gasteiger charge is -2.12. The highest BCUT2D eigenvalue weighted by molar-refractivity contribution is 5.87. The number of para-hydroxylation sites is 2. The molecule has 2 heterocycles. The van der Waals surface area contributed by atoms with Crippen LogP contribution in [0.2, 0.25) is 0 Å². The molecule has 27 heavy (non-hydrogen) atoms. The summed E-state index contributed by atoms with van der Waals surface area (Å²) in [4.78, 5) is 15.6. The van der Waals surface area contributed by atoms with Crippen molar-refractivity contribution in [1.82, 2.24) is 9.55 Å². The Morgan fingerprint density at radius 1 is 1.07 bits per heavy atom. The summed E-state index contributed by atoms with van der Waals surface area (Å²) in [7, 11) is 1.59. The van der Waals surface area contributed by atoms with Gasteiger partial charge < -0.3 is 9.30 Å². The molecule has 6 heteroatoms. The van der Waals surface area contributed by atoms with E-state index in [0.29, 0.717) is 11.6 Å². The topological polar surface area (TPSA) is 70.2 Å². The highest BCUT2D eigenvalue weighted by atomic mass is 16.6. The Morgan fingerprint density at radius 2 is 1.89 bits per heavy atom. The number of rotatable bonds is 4. The summed E-state index contributed by atoms with van der Waals surface area (Å²) in [6.07, 6.45) is 1.84. The number of ether oxygens (including phenoxy) is 1. The van der Waals surface area contributed by atoms with Crippen molar-refractivity contribution in [3.8, 4) is 22.8 Å². The summed E-state index contributed by atoms with van der Waals surface area (Å²) < 4.78 is 7.06. The van der Waals surface area contributed by atoms with Gasteiger partial charge in [-0.05, 0) is 54.4 Å². The predicted octanol–water partition coefficient (Wildman–Crippen LogP) is 4.92. The molecule has 4 rings (SSSR count). The Hall–Kier alpha value is -3.67. The van der Waals surface area contributed by atoms with Crippen LogP contribution in [-0.4, -0.2) is 21.6 Å². The quantitative estimate of drug-likeness (QED) is 0.383. The van der Waals surface area contributed by atoms with Crippen molar-refractivity contribution in [2.24, 2.45) is 0 Å². The van der Waals surface area contributed by atoms with Crippen LogP contribution < -0.4 is 4.74 Å². The van der Waals surface area contributed by atoms with Gasteiger partial charge in [0.2, 0.25) is 5.88 Å². The largest absolute Gasteiger partial charge is 0.481 e. The van der Waals surface area contributed by atoms with E-state index in [1.807, 2.05) is 54.1 Å². The summed E-state index contributed by atoms with van der Waals surface area (Å²) >= 11 is 0. The molecule has 134 valence electrons. The molecule has 0 N–H and O–H groups in total. The minimum Gasteiger partial charge on any atom is -0.481 e. The molecular formula is C21H17N3O3. The summed E-state index contributed by atoms with van der Waals surface area (Å²) in [6.45, 7) is 2.00. The number of fused-ring (bicyclic) bond motifs is 1. The first-order chi connectivity index (χ1) is 13.1. The molecular weight excluding hydrogens is 342 g/mol. The lowest BCUT2D eigenvalue weighted by Crippen LogP contribution is -2.00. The van der Waals surface area contributed by atoms with Crippen LogP contribution in [0.15, 0.2) is 66.9 Å². The van der Waals surface area contributed by atoms with Crippen molar-refractivity contribution >= 4 is 16.6 Å². The molecule has 4 aromatic rings. The number of nitrogens with zero attached hydrogens (tertiary/aromatic N) is 3. The third kappa shape index (κ3) is 2.91. The van der Waals surface area contributed by atoms with E-state index < -0.39 is 0 Å². The van der Waals surface area contributed by atoms with Gasteiger partial charge in [0.05, 0.1) is 23.2 Å². The third-order valence-corrected chi connectivity index (χ3v) is 4.55. The second kappa shape index (κ2) is 6.57. The van der Waals surface area contributed by atoms with Gasteiger partial charge in [0.1, 0.15) is 5.69 Å². The van der Waals surface area contributed by atoms with Crippen LogP contribution in [0.3, 0.4) is 0 Å². The fourth-order valence-electron chi connectivity index (χ4n) is 3.31. The van der Waals surface area contributed by atoms with E-state index in [4.69, 9.17) is 4.74 Å². The number of pyridine rings is 1. The summed E-state index contributed by atoms with van der Waals surface area (Å²) in [6, 6.07) is 18.4. The molecule has 0 bridgehead atoms. The minimum atomic E-state index is -0.360. The first-order valence-corrected chi connectivity index (χ1v) is 8.45. The molecule has 6 nitrogen and oxygen atoms in total. The lowest BCUT2D eigenvalue weighted by atomic mass is 10.0. The zero-order valence-electron chi connectivity index (χ0n) is 14.9. The molecule has 0 radical (unpaired) electrons. The lowest BCUT2D eigenvalue weighted by molar-refractivity contribution is -0.384. The van der Waals surface area contributed by atoms with E-state index in [2.05, 4.69) is 4.98 Å². The standard InChI is InChI=1S/C21H17N3O3/c1-14-12-16(13-15-9-10-20(27-2)22-21(14)15)17-8-5-11-23(17)18-6-3-4-7-19(18)24(25)26/h3-13H,1-2H3. The van der Waals surface area contributed by atoms with Gasteiger partial charge in [0.25, 0.3) is 5.69 Å². The predicted molar refractivity (Wildman–Crippen MR) is 104 cm³/mol. The normalized spacial score (nSPS) is 10.9. The molecule has 2 aromatic carbocycles. The van der Waals surface area contributed by atoms with Gasteiger partial charge >= 0.3 is 0 Å².